The summed E-state index contributed by atoms with van der Waals surface area (Å²) in [7, 11) is 0. The highest BCUT2D eigenvalue weighted by atomic mass is 16.6. The third kappa shape index (κ3) is 5.93. The van der Waals surface area contributed by atoms with Crippen molar-refractivity contribution in [1.82, 2.24) is 9.80 Å². The summed E-state index contributed by atoms with van der Waals surface area (Å²) in [5, 5.41) is 0. The predicted octanol–water partition coefficient (Wildman–Crippen LogP) is 3.09. The van der Waals surface area contributed by atoms with Gasteiger partial charge in [-0.05, 0) is 38.3 Å². The fourth-order valence-electron chi connectivity index (χ4n) is 2.78. The van der Waals surface area contributed by atoms with E-state index in [1.54, 1.807) is 16.7 Å². The van der Waals surface area contributed by atoms with Crippen molar-refractivity contribution in [3.63, 3.8) is 0 Å². The number of carbonyl (C=O) groups is 2. The van der Waals surface area contributed by atoms with Gasteiger partial charge in [0, 0.05) is 26.2 Å². The Balaban J connectivity index is 1.85. The molecule has 1 aromatic carbocycles. The SMILES string of the molecule is Cc1ccc(OC(C)C(=O)N2CCCN(C(=O)OCC(C)C)CC2)cc1. The van der Waals surface area contributed by atoms with Gasteiger partial charge in [0.2, 0.25) is 0 Å². The Morgan fingerprint density at radius 1 is 1.00 bits per heavy atom. The Labute approximate surface area is 156 Å². The predicted molar refractivity (Wildman–Crippen MR) is 100 cm³/mol. The van der Waals surface area contributed by atoms with Crippen LogP contribution in [0.3, 0.4) is 0 Å². The number of carbonyl (C=O) groups excluding carboxylic acids is 2. The summed E-state index contributed by atoms with van der Waals surface area (Å²) in [5.41, 5.74) is 1.15. The summed E-state index contributed by atoms with van der Waals surface area (Å²) in [5.74, 6) is 0.942. The average molecular weight is 362 g/mol. The first-order valence-electron chi connectivity index (χ1n) is 9.30. The fraction of sp³-hybridized carbons (Fsp3) is 0.600. The van der Waals surface area contributed by atoms with E-state index in [1.165, 1.54) is 0 Å². The van der Waals surface area contributed by atoms with Crippen LogP contribution < -0.4 is 4.74 Å². The van der Waals surface area contributed by atoms with E-state index in [0.717, 1.165) is 12.0 Å². The van der Waals surface area contributed by atoms with Crippen molar-refractivity contribution in [3.8, 4) is 5.75 Å². The van der Waals surface area contributed by atoms with Crippen LogP contribution in [-0.2, 0) is 9.53 Å². The van der Waals surface area contributed by atoms with Crippen LogP contribution in [-0.4, -0.2) is 60.7 Å². The van der Waals surface area contributed by atoms with Crippen molar-refractivity contribution in [2.75, 3.05) is 32.8 Å². The van der Waals surface area contributed by atoms with Crippen molar-refractivity contribution in [2.45, 2.75) is 40.2 Å². The summed E-state index contributed by atoms with van der Waals surface area (Å²) in [6.07, 6.45) is -0.117. The highest BCUT2D eigenvalue weighted by Crippen LogP contribution is 2.15. The zero-order chi connectivity index (χ0) is 19.1. The number of ether oxygens (including phenoxy) is 2. The van der Waals surface area contributed by atoms with Gasteiger partial charge in [0.1, 0.15) is 5.75 Å². The summed E-state index contributed by atoms with van der Waals surface area (Å²) < 4.78 is 11.1. The molecule has 0 aromatic heterocycles. The minimum Gasteiger partial charge on any atom is -0.481 e. The number of hydrogen-bond acceptors (Lipinski definition) is 4. The van der Waals surface area contributed by atoms with Gasteiger partial charge in [0.15, 0.2) is 6.10 Å². The molecule has 2 amide bonds. The molecule has 1 unspecified atom stereocenters. The van der Waals surface area contributed by atoms with Crippen LogP contribution in [0.5, 0.6) is 5.75 Å². The molecule has 1 aliphatic heterocycles. The van der Waals surface area contributed by atoms with E-state index in [1.807, 2.05) is 45.0 Å². The first kappa shape index (κ1) is 20.1. The van der Waals surface area contributed by atoms with Crippen LogP contribution >= 0.6 is 0 Å². The Hall–Kier alpha value is -2.24. The molecule has 26 heavy (non-hydrogen) atoms. The lowest BCUT2D eigenvalue weighted by Crippen LogP contribution is -2.43. The zero-order valence-electron chi connectivity index (χ0n) is 16.2. The van der Waals surface area contributed by atoms with E-state index in [4.69, 9.17) is 9.47 Å². The monoisotopic (exact) mass is 362 g/mol. The van der Waals surface area contributed by atoms with Crippen LogP contribution in [0.15, 0.2) is 24.3 Å². The molecule has 0 aliphatic carbocycles. The molecule has 1 aliphatic rings. The molecule has 1 saturated heterocycles. The van der Waals surface area contributed by atoms with Crippen LogP contribution in [0.4, 0.5) is 4.79 Å². The number of benzene rings is 1. The highest BCUT2D eigenvalue weighted by molar-refractivity contribution is 5.81. The van der Waals surface area contributed by atoms with E-state index in [0.29, 0.717) is 44.5 Å². The van der Waals surface area contributed by atoms with E-state index >= 15 is 0 Å². The Kier molecular flexibility index (Phi) is 7.30. The van der Waals surface area contributed by atoms with Crippen molar-refractivity contribution < 1.29 is 19.1 Å². The molecule has 2 rings (SSSR count). The van der Waals surface area contributed by atoms with Gasteiger partial charge < -0.3 is 19.3 Å². The van der Waals surface area contributed by atoms with Crippen LogP contribution in [0, 0.1) is 12.8 Å². The number of hydrogen-bond donors (Lipinski definition) is 0. The third-order valence-corrected chi connectivity index (χ3v) is 4.29. The van der Waals surface area contributed by atoms with Gasteiger partial charge in [-0.2, -0.15) is 0 Å². The maximum atomic E-state index is 12.7. The number of rotatable bonds is 5. The molecule has 1 fully saturated rings. The minimum absolute atomic E-state index is 0.0528. The molecule has 0 saturated carbocycles. The van der Waals surface area contributed by atoms with E-state index < -0.39 is 6.10 Å². The molecule has 0 spiro atoms. The lowest BCUT2D eigenvalue weighted by atomic mass is 10.2. The van der Waals surface area contributed by atoms with Gasteiger partial charge in [0.25, 0.3) is 5.91 Å². The van der Waals surface area contributed by atoms with E-state index in [9.17, 15) is 9.59 Å². The highest BCUT2D eigenvalue weighted by Gasteiger charge is 2.26. The van der Waals surface area contributed by atoms with Crippen molar-refractivity contribution >= 4 is 12.0 Å². The molecule has 6 heteroatoms. The second-order valence-corrected chi connectivity index (χ2v) is 7.21. The Morgan fingerprint density at radius 2 is 1.62 bits per heavy atom. The largest absolute Gasteiger partial charge is 0.481 e. The topological polar surface area (TPSA) is 59.1 Å². The summed E-state index contributed by atoms with van der Waals surface area (Å²) in [6.45, 7) is 10.4. The third-order valence-electron chi connectivity index (χ3n) is 4.29. The van der Waals surface area contributed by atoms with Crippen molar-refractivity contribution in [2.24, 2.45) is 5.92 Å². The molecule has 0 N–H and O–H groups in total. The maximum Gasteiger partial charge on any atom is 0.409 e. The smallest absolute Gasteiger partial charge is 0.409 e. The van der Waals surface area contributed by atoms with Crippen LogP contribution in [0.25, 0.3) is 0 Å². The lowest BCUT2D eigenvalue weighted by Gasteiger charge is -2.25. The summed E-state index contributed by atoms with van der Waals surface area (Å²) >= 11 is 0. The summed E-state index contributed by atoms with van der Waals surface area (Å²) in [4.78, 5) is 28.2. The standard InChI is InChI=1S/C20H30N2O4/c1-15(2)14-25-20(24)22-11-5-10-21(12-13-22)19(23)17(4)26-18-8-6-16(3)7-9-18/h6-9,15,17H,5,10-14H2,1-4H3. The van der Waals surface area contributed by atoms with Gasteiger partial charge in [-0.15, -0.1) is 0 Å². The quantitative estimate of drug-likeness (QED) is 0.808. The average Bonchev–Trinajstić information content (AvgIpc) is 2.87. The molecule has 6 nitrogen and oxygen atoms in total. The Morgan fingerprint density at radius 3 is 2.27 bits per heavy atom. The van der Waals surface area contributed by atoms with Gasteiger partial charge >= 0.3 is 6.09 Å². The molecule has 144 valence electrons. The van der Waals surface area contributed by atoms with Gasteiger partial charge in [-0.25, -0.2) is 4.79 Å². The summed E-state index contributed by atoms with van der Waals surface area (Å²) in [6, 6.07) is 7.65. The number of amides is 2. The van der Waals surface area contributed by atoms with Crippen molar-refractivity contribution in [3.05, 3.63) is 29.8 Å². The zero-order valence-corrected chi connectivity index (χ0v) is 16.2. The van der Waals surface area contributed by atoms with Crippen molar-refractivity contribution in [1.29, 1.82) is 0 Å². The van der Waals surface area contributed by atoms with E-state index in [-0.39, 0.29) is 12.0 Å². The first-order valence-corrected chi connectivity index (χ1v) is 9.30. The second-order valence-electron chi connectivity index (χ2n) is 7.21. The van der Waals surface area contributed by atoms with Gasteiger partial charge in [-0.3, -0.25) is 4.79 Å². The Bertz CT molecular complexity index is 600. The lowest BCUT2D eigenvalue weighted by molar-refractivity contribution is -0.137. The number of aryl methyl sites for hydroxylation is 1. The molecular formula is C20H30N2O4. The molecule has 1 heterocycles. The maximum absolute atomic E-state index is 12.7. The van der Waals surface area contributed by atoms with Crippen LogP contribution in [0.1, 0.15) is 32.8 Å². The molecule has 1 aromatic rings. The second kappa shape index (κ2) is 9.46. The first-order chi connectivity index (χ1) is 12.4. The molecule has 0 bridgehead atoms. The molecule has 1 atom stereocenters. The van der Waals surface area contributed by atoms with E-state index in [2.05, 4.69) is 0 Å². The normalized spacial score (nSPS) is 16.2. The molecule has 0 radical (unpaired) electrons. The van der Waals surface area contributed by atoms with Gasteiger partial charge in [0.05, 0.1) is 6.61 Å². The minimum atomic E-state index is -0.558. The van der Waals surface area contributed by atoms with Crippen LogP contribution in [0.2, 0.25) is 0 Å². The van der Waals surface area contributed by atoms with Gasteiger partial charge in [-0.1, -0.05) is 31.5 Å². The number of nitrogens with zero attached hydrogens (tertiary/aromatic N) is 2. The fourth-order valence-corrected chi connectivity index (χ4v) is 2.78. The molecular weight excluding hydrogens is 332 g/mol.